The highest BCUT2D eigenvalue weighted by molar-refractivity contribution is 9.10. The number of hydrogen-bond acceptors (Lipinski definition) is 2. The number of pyridine rings is 1. The highest BCUT2D eigenvalue weighted by Crippen LogP contribution is 2.07. The fourth-order valence-corrected chi connectivity index (χ4v) is 1.69. The van der Waals surface area contributed by atoms with Crippen LogP contribution in [0.3, 0.4) is 0 Å². The highest BCUT2D eigenvalue weighted by atomic mass is 79.9. The Bertz CT molecular complexity index is 370. The number of hydrogen-bond donors (Lipinski definition) is 0. The Balaban J connectivity index is 3.05. The van der Waals surface area contributed by atoms with Crippen molar-refractivity contribution < 1.29 is 4.79 Å². The van der Waals surface area contributed by atoms with E-state index in [1.165, 1.54) is 4.57 Å². The van der Waals surface area contributed by atoms with Crippen molar-refractivity contribution in [1.29, 1.82) is 0 Å². The maximum Gasteiger partial charge on any atom is 0.253 e. The van der Waals surface area contributed by atoms with Gasteiger partial charge in [0.05, 0.1) is 0 Å². The van der Waals surface area contributed by atoms with Gasteiger partial charge in [-0.2, -0.15) is 0 Å². The van der Waals surface area contributed by atoms with Crippen LogP contribution in [0.15, 0.2) is 21.5 Å². The lowest BCUT2D eigenvalue weighted by atomic mass is 10.3. The zero-order chi connectivity index (χ0) is 9.84. The maximum absolute atomic E-state index is 11.5. The molecule has 0 aliphatic carbocycles. The predicted octanol–water partition coefficient (Wildman–Crippen LogP) is 1.51. The molecule has 0 spiro atoms. The van der Waals surface area contributed by atoms with Gasteiger partial charge >= 0.3 is 0 Å². The lowest BCUT2D eigenvalue weighted by molar-refractivity contribution is -0.108. The third-order valence-corrected chi connectivity index (χ3v) is 2.15. The van der Waals surface area contributed by atoms with Gasteiger partial charge in [0.25, 0.3) is 5.56 Å². The Hall–Kier alpha value is -0.900. The van der Waals surface area contributed by atoms with Crippen molar-refractivity contribution >= 4 is 22.2 Å². The van der Waals surface area contributed by atoms with Gasteiger partial charge in [0.1, 0.15) is 6.29 Å². The number of aldehydes is 1. The van der Waals surface area contributed by atoms with Crippen LogP contribution in [-0.4, -0.2) is 10.9 Å². The summed E-state index contributed by atoms with van der Waals surface area (Å²) in [4.78, 5) is 21.6. The lowest BCUT2D eigenvalue weighted by Crippen LogP contribution is -2.21. The van der Waals surface area contributed by atoms with E-state index in [1.807, 2.05) is 0 Å². The van der Waals surface area contributed by atoms with Crippen LogP contribution in [0.4, 0.5) is 0 Å². The number of halogens is 1. The summed E-state index contributed by atoms with van der Waals surface area (Å²) in [6.07, 6.45) is 2.87. The number of aromatic nitrogens is 1. The minimum atomic E-state index is -0.0370. The number of rotatable bonds is 3. The van der Waals surface area contributed by atoms with Crippen molar-refractivity contribution in [2.45, 2.75) is 19.9 Å². The average molecular weight is 244 g/mol. The van der Waals surface area contributed by atoms with E-state index in [0.717, 1.165) is 10.8 Å². The molecule has 0 saturated heterocycles. The normalized spacial score (nSPS) is 10.0. The van der Waals surface area contributed by atoms with Crippen LogP contribution in [-0.2, 0) is 11.3 Å². The van der Waals surface area contributed by atoms with Crippen molar-refractivity contribution in [2.75, 3.05) is 0 Å². The quantitative estimate of drug-likeness (QED) is 0.756. The number of nitrogens with zero attached hydrogens (tertiary/aromatic N) is 1. The van der Waals surface area contributed by atoms with E-state index in [9.17, 15) is 9.59 Å². The van der Waals surface area contributed by atoms with Gasteiger partial charge in [-0.15, -0.1) is 0 Å². The SMILES string of the molecule is Cc1cc(Br)cn(CCC=O)c1=O. The van der Waals surface area contributed by atoms with Gasteiger partial charge in [-0.05, 0) is 28.9 Å². The summed E-state index contributed by atoms with van der Waals surface area (Å²) >= 11 is 3.29. The first-order valence-electron chi connectivity index (χ1n) is 3.95. The Kier molecular flexibility index (Phi) is 3.42. The molecule has 0 aromatic carbocycles. The minimum absolute atomic E-state index is 0.0370. The van der Waals surface area contributed by atoms with Crippen molar-refractivity contribution in [3.05, 3.63) is 32.7 Å². The number of carbonyl (C=O) groups excluding carboxylic acids is 1. The molecule has 1 heterocycles. The fourth-order valence-electron chi connectivity index (χ4n) is 1.10. The molecular weight excluding hydrogens is 234 g/mol. The third-order valence-electron chi connectivity index (χ3n) is 1.72. The molecular formula is C9H10BrNO2. The van der Waals surface area contributed by atoms with Crippen molar-refractivity contribution in [2.24, 2.45) is 0 Å². The van der Waals surface area contributed by atoms with Gasteiger partial charge in [0, 0.05) is 29.2 Å². The summed E-state index contributed by atoms with van der Waals surface area (Å²) in [5, 5.41) is 0. The molecule has 4 heteroatoms. The first-order chi connectivity index (χ1) is 6.15. The maximum atomic E-state index is 11.5. The molecule has 0 saturated carbocycles. The molecule has 70 valence electrons. The first-order valence-corrected chi connectivity index (χ1v) is 4.74. The molecule has 0 fully saturated rings. The van der Waals surface area contributed by atoms with Crippen molar-refractivity contribution in [3.8, 4) is 0 Å². The molecule has 0 radical (unpaired) electrons. The van der Waals surface area contributed by atoms with Gasteiger partial charge in [-0.3, -0.25) is 4.79 Å². The summed E-state index contributed by atoms with van der Waals surface area (Å²) in [6.45, 7) is 2.20. The van der Waals surface area contributed by atoms with Gasteiger partial charge in [-0.25, -0.2) is 0 Å². The largest absolute Gasteiger partial charge is 0.314 e. The fraction of sp³-hybridized carbons (Fsp3) is 0.333. The summed E-state index contributed by atoms with van der Waals surface area (Å²) in [5.74, 6) is 0. The second kappa shape index (κ2) is 4.37. The van der Waals surface area contributed by atoms with Gasteiger partial charge in [-0.1, -0.05) is 0 Å². The molecule has 0 N–H and O–H groups in total. The molecule has 13 heavy (non-hydrogen) atoms. The average Bonchev–Trinajstić information content (AvgIpc) is 2.09. The third kappa shape index (κ3) is 2.52. The van der Waals surface area contributed by atoms with Crippen LogP contribution in [0.5, 0.6) is 0 Å². The lowest BCUT2D eigenvalue weighted by Gasteiger charge is -2.04. The highest BCUT2D eigenvalue weighted by Gasteiger charge is 2.00. The summed E-state index contributed by atoms with van der Waals surface area (Å²) in [7, 11) is 0. The van der Waals surface area contributed by atoms with Gasteiger partial charge in [0.2, 0.25) is 0 Å². The zero-order valence-electron chi connectivity index (χ0n) is 7.29. The van der Waals surface area contributed by atoms with Crippen LogP contribution in [0.2, 0.25) is 0 Å². The van der Waals surface area contributed by atoms with Crippen LogP contribution >= 0.6 is 15.9 Å². The molecule has 0 aliphatic heterocycles. The van der Waals surface area contributed by atoms with E-state index < -0.39 is 0 Å². The number of carbonyl (C=O) groups is 1. The standard InChI is InChI=1S/C9H10BrNO2/c1-7-5-8(10)6-11(9(7)13)3-2-4-12/h4-6H,2-3H2,1H3. The second-order valence-corrected chi connectivity index (χ2v) is 3.71. The molecule has 0 aliphatic rings. The van der Waals surface area contributed by atoms with E-state index in [0.29, 0.717) is 18.5 Å². The molecule has 3 nitrogen and oxygen atoms in total. The summed E-state index contributed by atoms with van der Waals surface area (Å²) in [6, 6.07) is 1.76. The van der Waals surface area contributed by atoms with Crippen LogP contribution in [0, 0.1) is 6.92 Å². The van der Waals surface area contributed by atoms with Crippen LogP contribution in [0.1, 0.15) is 12.0 Å². The van der Waals surface area contributed by atoms with Crippen LogP contribution in [0.25, 0.3) is 0 Å². The van der Waals surface area contributed by atoms with E-state index in [1.54, 1.807) is 19.2 Å². The van der Waals surface area contributed by atoms with Crippen molar-refractivity contribution in [3.63, 3.8) is 0 Å². The van der Waals surface area contributed by atoms with E-state index in [-0.39, 0.29) is 5.56 Å². The zero-order valence-corrected chi connectivity index (χ0v) is 8.87. The van der Waals surface area contributed by atoms with E-state index in [4.69, 9.17) is 0 Å². The summed E-state index contributed by atoms with van der Waals surface area (Å²) < 4.78 is 2.39. The smallest absolute Gasteiger partial charge is 0.253 e. The number of aryl methyl sites for hydroxylation is 2. The molecule has 0 bridgehead atoms. The molecule has 1 aromatic heterocycles. The summed E-state index contributed by atoms with van der Waals surface area (Å²) in [5.41, 5.74) is 0.644. The molecule has 0 unspecified atom stereocenters. The second-order valence-electron chi connectivity index (χ2n) is 2.80. The molecule has 0 amide bonds. The van der Waals surface area contributed by atoms with E-state index in [2.05, 4.69) is 15.9 Å². The minimum Gasteiger partial charge on any atom is -0.314 e. The van der Waals surface area contributed by atoms with E-state index >= 15 is 0 Å². The Morgan fingerprint density at radius 1 is 1.62 bits per heavy atom. The molecule has 1 rings (SSSR count). The molecule has 1 aromatic rings. The molecule has 0 atom stereocenters. The predicted molar refractivity (Wildman–Crippen MR) is 53.8 cm³/mol. The van der Waals surface area contributed by atoms with Gasteiger partial charge in [0.15, 0.2) is 0 Å². The van der Waals surface area contributed by atoms with Crippen molar-refractivity contribution in [1.82, 2.24) is 4.57 Å². The monoisotopic (exact) mass is 243 g/mol. The van der Waals surface area contributed by atoms with Gasteiger partial charge < -0.3 is 9.36 Å². The Morgan fingerprint density at radius 3 is 2.92 bits per heavy atom. The Morgan fingerprint density at radius 2 is 2.31 bits per heavy atom. The Labute approximate surface area is 84.5 Å². The first kappa shape index (κ1) is 10.2. The topological polar surface area (TPSA) is 39.1 Å². The van der Waals surface area contributed by atoms with Crippen LogP contribution < -0.4 is 5.56 Å².